The molecule has 1 aromatic heterocycles. The maximum atomic E-state index is 4.08. The Hall–Kier alpha value is 0.110. The fourth-order valence-electron chi connectivity index (χ4n) is 0.522. The average molecular weight is 251 g/mol. The zero-order valence-corrected chi connectivity index (χ0v) is 7.81. The Morgan fingerprint density at radius 2 is 2.33 bits per heavy atom. The van der Waals surface area contributed by atoms with Crippen LogP contribution in [0.3, 0.4) is 0 Å². The second-order valence-corrected chi connectivity index (χ2v) is 3.08. The van der Waals surface area contributed by atoms with Crippen LogP contribution in [-0.4, -0.2) is 4.98 Å². The summed E-state index contributed by atoms with van der Waals surface area (Å²) in [4.78, 5) is 4.08. The number of halogens is 2. The highest BCUT2D eigenvalue weighted by atomic mass is 79.9. The van der Waals surface area contributed by atoms with Crippen LogP contribution in [0, 0.1) is 0 Å². The lowest BCUT2D eigenvalue weighted by molar-refractivity contribution is 1.18. The normalized spacial score (nSPS) is 9.56. The van der Waals surface area contributed by atoms with Gasteiger partial charge in [-0.25, -0.2) is 0 Å². The Morgan fingerprint density at radius 1 is 1.56 bits per heavy atom. The van der Waals surface area contributed by atoms with Crippen molar-refractivity contribution in [2.75, 3.05) is 0 Å². The Kier molecular flexibility index (Phi) is 2.66. The first-order chi connectivity index (χ1) is 4.33. The van der Waals surface area contributed by atoms with Crippen LogP contribution in [0.4, 0.5) is 0 Å². The summed E-state index contributed by atoms with van der Waals surface area (Å²) in [6.07, 6.45) is 1.78. The van der Waals surface area contributed by atoms with E-state index in [4.69, 9.17) is 0 Å². The highest BCUT2D eigenvalue weighted by Crippen LogP contribution is 2.10. The smallest absolute Gasteiger partial charge is 0.0520 e. The standard InChI is InChI=1S/C6H5Br2N/c7-4-6-3-5(8)1-2-9-6/h1-3H,4H2. The summed E-state index contributed by atoms with van der Waals surface area (Å²) < 4.78 is 1.08. The lowest BCUT2D eigenvalue weighted by atomic mass is 10.4. The van der Waals surface area contributed by atoms with Crippen LogP contribution in [0.1, 0.15) is 5.69 Å². The van der Waals surface area contributed by atoms with Gasteiger partial charge in [-0.3, -0.25) is 4.98 Å². The maximum absolute atomic E-state index is 4.08. The van der Waals surface area contributed by atoms with E-state index in [9.17, 15) is 0 Å². The first kappa shape index (κ1) is 7.22. The molecule has 0 aliphatic rings. The van der Waals surface area contributed by atoms with E-state index in [-0.39, 0.29) is 0 Å². The molecular weight excluding hydrogens is 246 g/mol. The van der Waals surface area contributed by atoms with Crippen molar-refractivity contribution < 1.29 is 0 Å². The number of rotatable bonds is 1. The van der Waals surface area contributed by atoms with Crippen LogP contribution < -0.4 is 0 Å². The number of alkyl halides is 1. The predicted molar refractivity (Wildman–Crippen MR) is 44.6 cm³/mol. The van der Waals surface area contributed by atoms with Crippen LogP contribution in [-0.2, 0) is 5.33 Å². The van der Waals surface area contributed by atoms with Gasteiger partial charge in [-0.1, -0.05) is 31.9 Å². The molecule has 0 bridgehead atoms. The highest BCUT2D eigenvalue weighted by Gasteiger charge is 1.89. The number of hydrogen-bond donors (Lipinski definition) is 0. The molecule has 0 saturated heterocycles. The summed E-state index contributed by atoms with van der Waals surface area (Å²) in [7, 11) is 0. The highest BCUT2D eigenvalue weighted by molar-refractivity contribution is 9.10. The fraction of sp³-hybridized carbons (Fsp3) is 0.167. The molecule has 1 aromatic rings. The second-order valence-electron chi connectivity index (χ2n) is 1.60. The number of hydrogen-bond acceptors (Lipinski definition) is 1. The second kappa shape index (κ2) is 3.32. The van der Waals surface area contributed by atoms with Gasteiger partial charge in [0.15, 0.2) is 0 Å². The van der Waals surface area contributed by atoms with Crippen LogP contribution >= 0.6 is 31.9 Å². The van der Waals surface area contributed by atoms with Gasteiger partial charge in [-0.15, -0.1) is 0 Å². The van der Waals surface area contributed by atoms with E-state index in [1.54, 1.807) is 6.20 Å². The maximum Gasteiger partial charge on any atom is 0.0520 e. The molecule has 0 amide bonds. The van der Waals surface area contributed by atoms with E-state index in [0.29, 0.717) is 0 Å². The van der Waals surface area contributed by atoms with Gasteiger partial charge in [-0.2, -0.15) is 0 Å². The van der Waals surface area contributed by atoms with Crippen LogP contribution in [0.5, 0.6) is 0 Å². The Balaban J connectivity index is 2.94. The van der Waals surface area contributed by atoms with Gasteiger partial charge >= 0.3 is 0 Å². The van der Waals surface area contributed by atoms with Gasteiger partial charge in [-0.05, 0) is 12.1 Å². The quantitative estimate of drug-likeness (QED) is 0.699. The van der Waals surface area contributed by atoms with Gasteiger partial charge in [0.25, 0.3) is 0 Å². The van der Waals surface area contributed by atoms with Crippen molar-refractivity contribution in [2.45, 2.75) is 5.33 Å². The number of nitrogens with zero attached hydrogens (tertiary/aromatic N) is 1. The molecule has 9 heavy (non-hydrogen) atoms. The van der Waals surface area contributed by atoms with E-state index in [2.05, 4.69) is 36.8 Å². The molecule has 1 rings (SSSR count). The summed E-state index contributed by atoms with van der Waals surface area (Å²) in [6, 6.07) is 3.89. The SMILES string of the molecule is BrCc1cc(Br)ccn1. The summed E-state index contributed by atoms with van der Waals surface area (Å²) in [5.41, 5.74) is 1.05. The van der Waals surface area contributed by atoms with Crippen molar-refractivity contribution in [1.82, 2.24) is 4.98 Å². The minimum absolute atomic E-state index is 0.812. The summed E-state index contributed by atoms with van der Waals surface area (Å²) in [5, 5.41) is 0.812. The molecule has 0 aliphatic carbocycles. The zero-order valence-electron chi connectivity index (χ0n) is 4.64. The monoisotopic (exact) mass is 249 g/mol. The largest absolute Gasteiger partial charge is 0.260 e. The van der Waals surface area contributed by atoms with E-state index < -0.39 is 0 Å². The third kappa shape index (κ3) is 2.06. The van der Waals surface area contributed by atoms with Gasteiger partial charge in [0.2, 0.25) is 0 Å². The molecule has 0 saturated carbocycles. The lowest BCUT2D eigenvalue weighted by Crippen LogP contribution is -1.81. The molecule has 1 heterocycles. The Morgan fingerprint density at radius 3 is 2.78 bits per heavy atom. The average Bonchev–Trinajstić information content (AvgIpc) is 1.88. The minimum atomic E-state index is 0.812. The molecule has 0 aliphatic heterocycles. The van der Waals surface area contributed by atoms with Crippen molar-refractivity contribution in [3.8, 4) is 0 Å². The van der Waals surface area contributed by atoms with Crippen LogP contribution in [0.15, 0.2) is 22.8 Å². The van der Waals surface area contributed by atoms with E-state index in [0.717, 1.165) is 15.5 Å². The summed E-state index contributed by atoms with van der Waals surface area (Å²) in [6.45, 7) is 0. The fourth-order valence-corrected chi connectivity index (χ4v) is 1.21. The van der Waals surface area contributed by atoms with Crippen molar-refractivity contribution in [3.05, 3.63) is 28.5 Å². The van der Waals surface area contributed by atoms with E-state index in [1.807, 2.05) is 12.1 Å². The predicted octanol–water partition coefficient (Wildman–Crippen LogP) is 2.74. The molecule has 0 spiro atoms. The van der Waals surface area contributed by atoms with Gasteiger partial charge in [0, 0.05) is 16.0 Å². The van der Waals surface area contributed by atoms with Crippen molar-refractivity contribution >= 4 is 31.9 Å². The first-order valence-electron chi connectivity index (χ1n) is 2.49. The zero-order chi connectivity index (χ0) is 6.69. The molecule has 0 fully saturated rings. The van der Waals surface area contributed by atoms with Gasteiger partial charge < -0.3 is 0 Å². The third-order valence-corrected chi connectivity index (χ3v) is 1.98. The van der Waals surface area contributed by atoms with Crippen molar-refractivity contribution in [1.29, 1.82) is 0 Å². The van der Waals surface area contributed by atoms with Crippen molar-refractivity contribution in [2.24, 2.45) is 0 Å². The first-order valence-corrected chi connectivity index (χ1v) is 4.41. The molecule has 0 N–H and O–H groups in total. The summed E-state index contributed by atoms with van der Waals surface area (Å²) >= 11 is 6.65. The Bertz CT molecular complexity index is 200. The molecule has 1 nitrogen and oxygen atoms in total. The molecule has 0 atom stereocenters. The molecule has 48 valence electrons. The molecule has 0 unspecified atom stereocenters. The number of pyridine rings is 1. The number of aromatic nitrogens is 1. The topological polar surface area (TPSA) is 12.9 Å². The van der Waals surface area contributed by atoms with Gasteiger partial charge in [0.05, 0.1) is 5.69 Å². The van der Waals surface area contributed by atoms with Crippen LogP contribution in [0.2, 0.25) is 0 Å². The summed E-state index contributed by atoms with van der Waals surface area (Å²) in [5.74, 6) is 0. The van der Waals surface area contributed by atoms with Crippen molar-refractivity contribution in [3.63, 3.8) is 0 Å². The lowest BCUT2D eigenvalue weighted by Gasteiger charge is -1.92. The van der Waals surface area contributed by atoms with Gasteiger partial charge in [0.1, 0.15) is 0 Å². The van der Waals surface area contributed by atoms with E-state index >= 15 is 0 Å². The molecule has 0 aromatic carbocycles. The molecular formula is C6H5Br2N. The van der Waals surface area contributed by atoms with E-state index in [1.165, 1.54) is 0 Å². The molecule has 0 radical (unpaired) electrons. The minimum Gasteiger partial charge on any atom is -0.260 e. The van der Waals surface area contributed by atoms with Crippen LogP contribution in [0.25, 0.3) is 0 Å². The Labute approximate surface area is 70.8 Å². The third-order valence-electron chi connectivity index (χ3n) is 0.916. The molecule has 3 heteroatoms.